The zero-order valence-corrected chi connectivity index (χ0v) is 11.0. The number of hydrogen-bond acceptors (Lipinski definition) is 3. The third kappa shape index (κ3) is 1.52. The molecule has 2 unspecified atom stereocenters. The van der Waals surface area contributed by atoms with Crippen molar-refractivity contribution in [1.82, 2.24) is 0 Å². The Labute approximate surface area is 112 Å². The quantitative estimate of drug-likeness (QED) is 0.573. The summed E-state index contributed by atoms with van der Waals surface area (Å²) in [6.45, 7) is 1.06. The van der Waals surface area contributed by atoms with Gasteiger partial charge in [0.1, 0.15) is 0 Å². The first kappa shape index (κ1) is 11.3. The third-order valence-electron chi connectivity index (χ3n) is 5.10. The number of nitrogens with zero attached hydrogens (tertiary/aromatic N) is 2. The lowest BCUT2D eigenvalue weighted by atomic mass is 9.89. The van der Waals surface area contributed by atoms with E-state index < -0.39 is 0 Å². The Morgan fingerprint density at radius 3 is 2.89 bits per heavy atom. The lowest BCUT2D eigenvalue weighted by Gasteiger charge is -2.26. The topological polar surface area (TPSA) is 46.4 Å². The zero-order chi connectivity index (χ0) is 13.0. The molecule has 1 aliphatic carbocycles. The summed E-state index contributed by atoms with van der Waals surface area (Å²) < 4.78 is 0. The highest BCUT2D eigenvalue weighted by molar-refractivity contribution is 5.72. The van der Waals surface area contributed by atoms with Crippen LogP contribution in [0.1, 0.15) is 49.1 Å². The normalized spacial score (nSPS) is 27.9. The van der Waals surface area contributed by atoms with Crippen molar-refractivity contribution >= 4 is 11.4 Å². The van der Waals surface area contributed by atoms with E-state index in [1.807, 2.05) is 6.07 Å². The van der Waals surface area contributed by atoms with Crippen LogP contribution in [0.2, 0.25) is 0 Å². The number of benzene rings is 1. The Morgan fingerprint density at radius 2 is 2.05 bits per heavy atom. The molecule has 1 saturated carbocycles. The van der Waals surface area contributed by atoms with Crippen molar-refractivity contribution in [3.63, 3.8) is 0 Å². The largest absolute Gasteiger partial charge is 0.367 e. The fraction of sp³-hybridized carbons (Fsp3) is 0.600. The van der Waals surface area contributed by atoms with Crippen molar-refractivity contribution < 1.29 is 4.92 Å². The summed E-state index contributed by atoms with van der Waals surface area (Å²) in [5, 5.41) is 11.1. The third-order valence-corrected chi connectivity index (χ3v) is 5.10. The van der Waals surface area contributed by atoms with Gasteiger partial charge in [-0.2, -0.15) is 0 Å². The van der Waals surface area contributed by atoms with Gasteiger partial charge in [0.15, 0.2) is 0 Å². The first-order chi connectivity index (χ1) is 9.25. The van der Waals surface area contributed by atoms with E-state index in [-0.39, 0.29) is 4.92 Å². The average Bonchev–Trinajstić information content (AvgIpc) is 2.84. The molecule has 2 aliphatic heterocycles. The van der Waals surface area contributed by atoms with Crippen molar-refractivity contribution in [2.75, 3.05) is 11.4 Å². The summed E-state index contributed by atoms with van der Waals surface area (Å²) in [6, 6.07) is 4.26. The minimum atomic E-state index is -0.233. The van der Waals surface area contributed by atoms with Crippen molar-refractivity contribution in [3.05, 3.63) is 33.4 Å². The van der Waals surface area contributed by atoms with E-state index in [0.717, 1.165) is 13.0 Å². The molecule has 0 N–H and O–H groups in total. The molecular weight excluding hydrogens is 240 g/mol. The van der Waals surface area contributed by atoms with Crippen LogP contribution in [0.5, 0.6) is 0 Å². The summed E-state index contributed by atoms with van der Waals surface area (Å²) in [5.41, 5.74) is 4.12. The van der Waals surface area contributed by atoms with E-state index in [1.54, 1.807) is 6.07 Å². The molecule has 4 heteroatoms. The fourth-order valence-corrected chi connectivity index (χ4v) is 4.34. The number of fused-ring (bicyclic) bond motifs is 3. The van der Waals surface area contributed by atoms with Gasteiger partial charge in [-0.3, -0.25) is 10.1 Å². The second-order valence-corrected chi connectivity index (χ2v) is 6.06. The van der Waals surface area contributed by atoms with Crippen LogP contribution in [0, 0.1) is 10.1 Å². The number of nitro benzene ring substituents is 1. The van der Waals surface area contributed by atoms with Crippen LogP contribution < -0.4 is 4.90 Å². The zero-order valence-electron chi connectivity index (χ0n) is 11.0. The summed E-state index contributed by atoms with van der Waals surface area (Å²) in [4.78, 5) is 13.4. The Morgan fingerprint density at radius 1 is 1.21 bits per heavy atom. The van der Waals surface area contributed by atoms with Crippen LogP contribution >= 0.6 is 0 Å². The van der Waals surface area contributed by atoms with Crippen LogP contribution in [0.3, 0.4) is 0 Å². The van der Waals surface area contributed by atoms with E-state index in [2.05, 4.69) is 4.90 Å². The van der Waals surface area contributed by atoms with Gasteiger partial charge in [0.25, 0.3) is 5.69 Å². The van der Waals surface area contributed by atoms with Crippen LogP contribution in [-0.2, 0) is 6.42 Å². The van der Waals surface area contributed by atoms with E-state index in [1.165, 1.54) is 48.9 Å². The minimum Gasteiger partial charge on any atom is -0.367 e. The molecule has 1 fully saturated rings. The number of rotatable bonds is 1. The summed E-state index contributed by atoms with van der Waals surface area (Å²) >= 11 is 0. The maximum absolute atomic E-state index is 11.1. The number of nitro groups is 1. The smallest absolute Gasteiger partial charge is 0.270 e. The molecule has 0 aromatic heterocycles. The number of hydrogen-bond donors (Lipinski definition) is 0. The highest BCUT2D eigenvalue weighted by atomic mass is 16.6. The molecule has 4 nitrogen and oxygen atoms in total. The molecule has 0 saturated heterocycles. The average molecular weight is 258 g/mol. The Balaban J connectivity index is 1.86. The Kier molecular flexibility index (Phi) is 2.34. The predicted molar refractivity (Wildman–Crippen MR) is 73.8 cm³/mol. The fourth-order valence-electron chi connectivity index (χ4n) is 4.34. The Hall–Kier alpha value is -1.58. The lowest BCUT2D eigenvalue weighted by molar-refractivity contribution is -0.385. The highest BCUT2D eigenvalue weighted by Gasteiger charge is 2.43. The van der Waals surface area contributed by atoms with Gasteiger partial charge in [0, 0.05) is 36.3 Å². The molecule has 3 aliphatic rings. The molecule has 1 aromatic rings. The van der Waals surface area contributed by atoms with Crippen LogP contribution in [0.15, 0.2) is 12.1 Å². The minimum absolute atomic E-state index is 0.233. The van der Waals surface area contributed by atoms with Crippen LogP contribution in [0.4, 0.5) is 11.4 Å². The van der Waals surface area contributed by atoms with Gasteiger partial charge >= 0.3 is 0 Å². The second kappa shape index (κ2) is 3.95. The molecule has 2 atom stereocenters. The van der Waals surface area contributed by atoms with Crippen LogP contribution in [-0.4, -0.2) is 17.5 Å². The molecule has 0 spiro atoms. The molecule has 4 rings (SSSR count). The van der Waals surface area contributed by atoms with Crippen molar-refractivity contribution in [3.8, 4) is 0 Å². The number of anilines is 1. The maximum atomic E-state index is 11.1. The first-order valence-electron chi connectivity index (χ1n) is 7.33. The maximum Gasteiger partial charge on any atom is 0.270 e. The van der Waals surface area contributed by atoms with Crippen LogP contribution in [0.25, 0.3) is 0 Å². The molecule has 100 valence electrons. The number of non-ortho nitro benzene ring substituents is 1. The lowest BCUT2D eigenvalue weighted by Crippen LogP contribution is -2.32. The van der Waals surface area contributed by atoms with Crippen molar-refractivity contribution in [2.45, 2.75) is 50.5 Å². The molecule has 0 bridgehead atoms. The highest BCUT2D eigenvalue weighted by Crippen LogP contribution is 2.52. The summed E-state index contributed by atoms with van der Waals surface area (Å²) in [6.07, 6.45) is 7.34. The van der Waals surface area contributed by atoms with E-state index in [0.29, 0.717) is 17.6 Å². The van der Waals surface area contributed by atoms with Gasteiger partial charge in [-0.1, -0.05) is 19.3 Å². The summed E-state index contributed by atoms with van der Waals surface area (Å²) in [7, 11) is 0. The molecule has 19 heavy (non-hydrogen) atoms. The van der Waals surface area contributed by atoms with Gasteiger partial charge in [-0.05, 0) is 30.4 Å². The van der Waals surface area contributed by atoms with Gasteiger partial charge in [0.2, 0.25) is 0 Å². The Bertz CT molecular complexity index is 555. The SMILES string of the molecule is O=[N+]([O-])c1cc2c3c(c1)C1CCCCCC1N3CC2. The van der Waals surface area contributed by atoms with Gasteiger partial charge < -0.3 is 4.90 Å². The predicted octanol–water partition coefficient (Wildman–Crippen LogP) is 3.39. The molecule has 1 aromatic carbocycles. The van der Waals surface area contributed by atoms with Gasteiger partial charge in [0.05, 0.1) is 4.92 Å². The monoisotopic (exact) mass is 258 g/mol. The van der Waals surface area contributed by atoms with Gasteiger partial charge in [-0.15, -0.1) is 0 Å². The first-order valence-corrected chi connectivity index (χ1v) is 7.33. The molecule has 0 amide bonds. The molecular formula is C15H18N2O2. The second-order valence-electron chi connectivity index (χ2n) is 6.06. The van der Waals surface area contributed by atoms with E-state index in [4.69, 9.17) is 0 Å². The van der Waals surface area contributed by atoms with E-state index >= 15 is 0 Å². The van der Waals surface area contributed by atoms with E-state index in [9.17, 15) is 10.1 Å². The standard InChI is InChI=1S/C15H18N2O2/c18-17(19)11-8-10-6-7-16-14-5-3-1-2-4-12(14)13(9-11)15(10)16/h8-9,12,14H,1-7H2. The molecule has 2 heterocycles. The summed E-state index contributed by atoms with van der Waals surface area (Å²) in [5.74, 6) is 0.538. The molecule has 0 radical (unpaired) electrons. The van der Waals surface area contributed by atoms with Crippen molar-refractivity contribution in [2.24, 2.45) is 0 Å². The van der Waals surface area contributed by atoms with Gasteiger partial charge in [-0.25, -0.2) is 0 Å². The van der Waals surface area contributed by atoms with Crippen molar-refractivity contribution in [1.29, 1.82) is 0 Å².